The van der Waals surface area contributed by atoms with E-state index in [1.54, 1.807) is 0 Å². The molecule has 1 unspecified atom stereocenters. The molecule has 4 nitrogen and oxygen atoms in total. The van der Waals surface area contributed by atoms with Crippen molar-refractivity contribution in [2.75, 3.05) is 18.1 Å². The van der Waals surface area contributed by atoms with Gasteiger partial charge in [0.1, 0.15) is 0 Å². The molecule has 1 fully saturated rings. The van der Waals surface area contributed by atoms with Crippen molar-refractivity contribution in [2.45, 2.75) is 38.6 Å². The van der Waals surface area contributed by atoms with Crippen LogP contribution in [0.2, 0.25) is 0 Å². The zero-order valence-electron chi connectivity index (χ0n) is 9.90. The van der Waals surface area contributed by atoms with Gasteiger partial charge in [-0.3, -0.25) is 0 Å². The molecule has 2 heterocycles. The first kappa shape index (κ1) is 11.9. The van der Waals surface area contributed by atoms with E-state index < -0.39 is 0 Å². The molecule has 0 bridgehead atoms. The minimum atomic E-state index is 0.344. The highest BCUT2D eigenvalue weighted by Gasteiger charge is 2.15. The van der Waals surface area contributed by atoms with Gasteiger partial charge in [-0.25, -0.2) is 0 Å². The zero-order valence-corrected chi connectivity index (χ0v) is 10.7. The summed E-state index contributed by atoms with van der Waals surface area (Å²) < 4.78 is 5.18. The number of aromatic nitrogens is 2. The van der Waals surface area contributed by atoms with Gasteiger partial charge in [0.15, 0.2) is 5.82 Å². The van der Waals surface area contributed by atoms with Crippen LogP contribution in [0, 0.1) is 0 Å². The van der Waals surface area contributed by atoms with Crippen LogP contribution in [0.25, 0.3) is 0 Å². The number of nitrogens with zero attached hydrogens (tertiary/aromatic N) is 2. The van der Waals surface area contributed by atoms with Gasteiger partial charge in [-0.15, -0.1) is 0 Å². The van der Waals surface area contributed by atoms with Crippen molar-refractivity contribution < 1.29 is 4.52 Å². The highest BCUT2D eigenvalue weighted by Crippen LogP contribution is 2.16. The van der Waals surface area contributed by atoms with Crippen molar-refractivity contribution in [3.63, 3.8) is 0 Å². The third-order valence-corrected chi connectivity index (χ3v) is 3.86. The first-order valence-electron chi connectivity index (χ1n) is 5.89. The van der Waals surface area contributed by atoms with Crippen LogP contribution in [0.15, 0.2) is 4.52 Å². The number of nitrogens with one attached hydrogen (secondary N) is 1. The SMILES string of the molecule is CC(C)c1noc(CCNC2CCSC2)n1. The maximum atomic E-state index is 5.18. The van der Waals surface area contributed by atoms with E-state index in [0.29, 0.717) is 12.0 Å². The Morgan fingerprint density at radius 2 is 2.44 bits per heavy atom. The quantitative estimate of drug-likeness (QED) is 0.852. The summed E-state index contributed by atoms with van der Waals surface area (Å²) in [6.07, 6.45) is 2.12. The van der Waals surface area contributed by atoms with Crippen LogP contribution in [0.4, 0.5) is 0 Å². The van der Waals surface area contributed by atoms with Crippen molar-refractivity contribution in [3.8, 4) is 0 Å². The molecule has 1 saturated heterocycles. The number of hydrogen-bond acceptors (Lipinski definition) is 5. The van der Waals surface area contributed by atoms with E-state index in [4.69, 9.17) is 4.52 Å². The molecule has 0 saturated carbocycles. The minimum Gasteiger partial charge on any atom is -0.339 e. The predicted molar refractivity (Wildman–Crippen MR) is 65.8 cm³/mol. The molecule has 1 aliphatic rings. The summed E-state index contributed by atoms with van der Waals surface area (Å²) >= 11 is 2.02. The normalized spacial score (nSPS) is 20.8. The second-order valence-electron chi connectivity index (χ2n) is 4.47. The van der Waals surface area contributed by atoms with Crippen LogP contribution in [-0.4, -0.2) is 34.2 Å². The first-order chi connectivity index (χ1) is 7.75. The highest BCUT2D eigenvalue weighted by atomic mass is 32.2. The fourth-order valence-corrected chi connectivity index (χ4v) is 2.87. The molecule has 1 aromatic heterocycles. The zero-order chi connectivity index (χ0) is 11.4. The number of hydrogen-bond donors (Lipinski definition) is 1. The molecular weight excluding hydrogens is 222 g/mol. The smallest absolute Gasteiger partial charge is 0.227 e. The monoisotopic (exact) mass is 241 g/mol. The molecule has 2 rings (SSSR count). The fourth-order valence-electron chi connectivity index (χ4n) is 1.68. The Balaban J connectivity index is 1.72. The van der Waals surface area contributed by atoms with Crippen LogP contribution in [0.1, 0.15) is 37.9 Å². The molecule has 1 aromatic rings. The largest absolute Gasteiger partial charge is 0.339 e. The summed E-state index contributed by atoms with van der Waals surface area (Å²) in [5.41, 5.74) is 0. The standard InChI is InChI=1S/C11H19N3OS/c1-8(2)11-13-10(15-14-11)3-5-12-9-4-6-16-7-9/h8-9,12H,3-7H2,1-2H3. The van der Waals surface area contributed by atoms with Crippen molar-refractivity contribution >= 4 is 11.8 Å². The molecule has 1 aliphatic heterocycles. The topological polar surface area (TPSA) is 51.0 Å². The van der Waals surface area contributed by atoms with Crippen molar-refractivity contribution in [2.24, 2.45) is 0 Å². The maximum absolute atomic E-state index is 5.18. The summed E-state index contributed by atoms with van der Waals surface area (Å²) in [6, 6.07) is 0.678. The van der Waals surface area contributed by atoms with Gasteiger partial charge >= 0.3 is 0 Å². The van der Waals surface area contributed by atoms with E-state index in [2.05, 4.69) is 29.3 Å². The van der Waals surface area contributed by atoms with Crippen molar-refractivity contribution in [1.29, 1.82) is 0 Å². The van der Waals surface area contributed by atoms with E-state index in [-0.39, 0.29) is 0 Å². The summed E-state index contributed by atoms with van der Waals surface area (Å²) in [4.78, 5) is 4.35. The van der Waals surface area contributed by atoms with E-state index in [0.717, 1.165) is 24.7 Å². The molecule has 5 heteroatoms. The van der Waals surface area contributed by atoms with Gasteiger partial charge in [0, 0.05) is 30.7 Å². The molecule has 16 heavy (non-hydrogen) atoms. The Bertz CT molecular complexity index is 321. The Morgan fingerprint density at radius 3 is 3.06 bits per heavy atom. The summed E-state index contributed by atoms with van der Waals surface area (Å²) in [5.74, 6) is 4.43. The highest BCUT2D eigenvalue weighted by molar-refractivity contribution is 7.99. The Labute approximate surface area is 101 Å². The molecule has 90 valence electrons. The molecule has 0 aromatic carbocycles. The lowest BCUT2D eigenvalue weighted by atomic mass is 10.2. The summed E-state index contributed by atoms with van der Waals surface area (Å²) in [7, 11) is 0. The van der Waals surface area contributed by atoms with Crippen LogP contribution in [0.3, 0.4) is 0 Å². The van der Waals surface area contributed by atoms with Gasteiger partial charge in [0.05, 0.1) is 0 Å². The van der Waals surface area contributed by atoms with E-state index >= 15 is 0 Å². The molecule has 0 aliphatic carbocycles. The van der Waals surface area contributed by atoms with Gasteiger partial charge in [-0.1, -0.05) is 19.0 Å². The maximum Gasteiger partial charge on any atom is 0.227 e. The van der Waals surface area contributed by atoms with Gasteiger partial charge in [0.25, 0.3) is 0 Å². The lowest BCUT2D eigenvalue weighted by Crippen LogP contribution is -2.30. The number of rotatable bonds is 5. The molecule has 0 spiro atoms. The first-order valence-corrected chi connectivity index (χ1v) is 7.05. The Kier molecular flexibility index (Phi) is 4.23. The van der Waals surface area contributed by atoms with Crippen LogP contribution < -0.4 is 5.32 Å². The van der Waals surface area contributed by atoms with E-state index in [1.165, 1.54) is 17.9 Å². The van der Waals surface area contributed by atoms with Gasteiger partial charge in [0.2, 0.25) is 5.89 Å². The third kappa shape index (κ3) is 3.22. The molecule has 1 atom stereocenters. The second-order valence-corrected chi connectivity index (χ2v) is 5.62. The fraction of sp³-hybridized carbons (Fsp3) is 0.818. The molecular formula is C11H19N3OS. The van der Waals surface area contributed by atoms with Crippen LogP contribution >= 0.6 is 11.8 Å². The predicted octanol–water partition coefficient (Wildman–Crippen LogP) is 1.83. The van der Waals surface area contributed by atoms with Gasteiger partial charge < -0.3 is 9.84 Å². The molecule has 1 N–H and O–H groups in total. The average Bonchev–Trinajstić information content (AvgIpc) is 2.87. The van der Waals surface area contributed by atoms with Gasteiger partial charge in [-0.05, 0) is 12.2 Å². The second kappa shape index (κ2) is 5.68. The minimum absolute atomic E-state index is 0.344. The van der Waals surface area contributed by atoms with Crippen molar-refractivity contribution in [3.05, 3.63) is 11.7 Å². The average molecular weight is 241 g/mol. The number of thioether (sulfide) groups is 1. The van der Waals surface area contributed by atoms with Gasteiger partial charge in [-0.2, -0.15) is 16.7 Å². The third-order valence-electron chi connectivity index (χ3n) is 2.70. The lowest BCUT2D eigenvalue weighted by molar-refractivity contribution is 0.367. The van der Waals surface area contributed by atoms with E-state index in [1.807, 2.05) is 11.8 Å². The van der Waals surface area contributed by atoms with Crippen LogP contribution in [-0.2, 0) is 6.42 Å². The Hall–Kier alpha value is -0.550. The molecule has 0 amide bonds. The molecule has 0 radical (unpaired) electrons. The summed E-state index contributed by atoms with van der Waals surface area (Å²) in [5, 5.41) is 7.47. The Morgan fingerprint density at radius 1 is 1.56 bits per heavy atom. The van der Waals surface area contributed by atoms with E-state index in [9.17, 15) is 0 Å². The van der Waals surface area contributed by atoms with Crippen molar-refractivity contribution in [1.82, 2.24) is 15.5 Å². The summed E-state index contributed by atoms with van der Waals surface area (Å²) in [6.45, 7) is 5.08. The van der Waals surface area contributed by atoms with Crippen LogP contribution in [0.5, 0.6) is 0 Å². The lowest BCUT2D eigenvalue weighted by Gasteiger charge is -2.08.